The number of hydrogen-bond acceptors (Lipinski definition) is 2. The Kier molecular flexibility index (Phi) is 3.51. The first-order chi connectivity index (χ1) is 7.92. The monoisotopic (exact) mass is 213 g/mol. The lowest BCUT2D eigenvalue weighted by Crippen LogP contribution is -1.98. The van der Waals surface area contributed by atoms with Gasteiger partial charge < -0.3 is 10.3 Å². The number of allylic oxidation sites excluding steroid dienone is 1. The molecule has 1 aromatic carbocycles. The molecule has 0 spiro atoms. The average Bonchev–Trinajstić information content (AvgIpc) is 2.79. The standard InChI is InChI=1S/C13H15N3/c14-8-4-5-10-16-11-9-15-13(16)12-6-2-1-3-7-12/h1-7,9,11H,8,10,14H2. The maximum atomic E-state index is 5.41. The van der Waals surface area contributed by atoms with Gasteiger partial charge in [0.25, 0.3) is 0 Å². The third-order valence-corrected chi connectivity index (χ3v) is 2.35. The van der Waals surface area contributed by atoms with Gasteiger partial charge in [0.05, 0.1) is 0 Å². The lowest BCUT2D eigenvalue weighted by Gasteiger charge is -2.04. The summed E-state index contributed by atoms with van der Waals surface area (Å²) in [5.41, 5.74) is 6.54. The summed E-state index contributed by atoms with van der Waals surface area (Å²) >= 11 is 0. The summed E-state index contributed by atoms with van der Waals surface area (Å²) in [5.74, 6) is 0.988. The summed E-state index contributed by atoms with van der Waals surface area (Å²) in [6.07, 6.45) is 7.80. The first-order valence-corrected chi connectivity index (χ1v) is 5.33. The van der Waals surface area contributed by atoms with Crippen molar-refractivity contribution in [2.45, 2.75) is 6.54 Å². The highest BCUT2D eigenvalue weighted by Crippen LogP contribution is 2.16. The molecule has 0 unspecified atom stereocenters. The topological polar surface area (TPSA) is 43.8 Å². The molecule has 0 saturated heterocycles. The van der Waals surface area contributed by atoms with Gasteiger partial charge in [-0.2, -0.15) is 0 Å². The summed E-state index contributed by atoms with van der Waals surface area (Å²) in [4.78, 5) is 4.36. The van der Waals surface area contributed by atoms with Crippen molar-refractivity contribution in [1.82, 2.24) is 9.55 Å². The molecule has 0 bridgehead atoms. The average molecular weight is 213 g/mol. The van der Waals surface area contributed by atoms with Crippen LogP contribution in [0.2, 0.25) is 0 Å². The van der Waals surface area contributed by atoms with E-state index in [-0.39, 0.29) is 0 Å². The van der Waals surface area contributed by atoms with E-state index in [0.29, 0.717) is 6.54 Å². The van der Waals surface area contributed by atoms with Crippen LogP contribution in [0.15, 0.2) is 54.9 Å². The van der Waals surface area contributed by atoms with Crippen LogP contribution in [-0.2, 0) is 6.54 Å². The van der Waals surface area contributed by atoms with E-state index in [9.17, 15) is 0 Å². The van der Waals surface area contributed by atoms with Crippen LogP contribution in [0.3, 0.4) is 0 Å². The van der Waals surface area contributed by atoms with Gasteiger partial charge in [0.2, 0.25) is 0 Å². The predicted molar refractivity (Wildman–Crippen MR) is 65.9 cm³/mol. The van der Waals surface area contributed by atoms with Crippen LogP contribution in [0.4, 0.5) is 0 Å². The van der Waals surface area contributed by atoms with E-state index in [1.165, 1.54) is 0 Å². The van der Waals surface area contributed by atoms with Crippen molar-refractivity contribution < 1.29 is 0 Å². The van der Waals surface area contributed by atoms with E-state index in [4.69, 9.17) is 5.73 Å². The summed E-state index contributed by atoms with van der Waals surface area (Å²) < 4.78 is 2.10. The number of nitrogens with zero attached hydrogens (tertiary/aromatic N) is 2. The molecule has 2 aromatic rings. The predicted octanol–water partition coefficient (Wildman–Crippen LogP) is 2.06. The van der Waals surface area contributed by atoms with Crippen LogP contribution in [0, 0.1) is 0 Å². The molecule has 0 saturated carbocycles. The zero-order chi connectivity index (χ0) is 11.2. The molecule has 1 aromatic heterocycles. The Balaban J connectivity index is 2.23. The fourth-order valence-corrected chi connectivity index (χ4v) is 1.59. The molecule has 3 nitrogen and oxygen atoms in total. The molecule has 1 heterocycles. The molecule has 2 N–H and O–H groups in total. The zero-order valence-electron chi connectivity index (χ0n) is 9.08. The molecule has 0 fully saturated rings. The molecule has 0 aliphatic rings. The fraction of sp³-hybridized carbons (Fsp3) is 0.154. The van der Waals surface area contributed by atoms with Gasteiger partial charge in [-0.25, -0.2) is 4.98 Å². The van der Waals surface area contributed by atoms with E-state index >= 15 is 0 Å². The maximum absolute atomic E-state index is 5.41. The van der Waals surface area contributed by atoms with Crippen molar-refractivity contribution in [3.8, 4) is 11.4 Å². The third-order valence-electron chi connectivity index (χ3n) is 2.35. The van der Waals surface area contributed by atoms with Gasteiger partial charge in [0.1, 0.15) is 5.82 Å². The Morgan fingerprint density at radius 1 is 1.19 bits per heavy atom. The van der Waals surface area contributed by atoms with Crippen LogP contribution in [0.5, 0.6) is 0 Å². The molecule has 0 aliphatic heterocycles. The van der Waals surface area contributed by atoms with Crippen molar-refractivity contribution in [1.29, 1.82) is 0 Å². The first-order valence-electron chi connectivity index (χ1n) is 5.33. The smallest absolute Gasteiger partial charge is 0.140 e. The Bertz CT molecular complexity index is 457. The molecule has 0 aliphatic carbocycles. The third kappa shape index (κ3) is 2.38. The van der Waals surface area contributed by atoms with Crippen molar-refractivity contribution >= 4 is 0 Å². The molecule has 16 heavy (non-hydrogen) atoms. The van der Waals surface area contributed by atoms with Crippen LogP contribution < -0.4 is 5.73 Å². The van der Waals surface area contributed by atoms with Crippen molar-refractivity contribution in [2.75, 3.05) is 6.54 Å². The maximum Gasteiger partial charge on any atom is 0.140 e. The number of nitrogens with two attached hydrogens (primary N) is 1. The van der Waals surface area contributed by atoms with Gasteiger partial charge >= 0.3 is 0 Å². The number of rotatable bonds is 4. The van der Waals surface area contributed by atoms with Crippen LogP contribution >= 0.6 is 0 Å². The quantitative estimate of drug-likeness (QED) is 0.790. The van der Waals surface area contributed by atoms with E-state index in [0.717, 1.165) is 17.9 Å². The highest BCUT2D eigenvalue weighted by Gasteiger charge is 2.02. The minimum absolute atomic E-state index is 0.579. The van der Waals surface area contributed by atoms with Crippen LogP contribution in [0.1, 0.15) is 0 Å². The van der Waals surface area contributed by atoms with Crippen molar-refractivity contribution in [3.63, 3.8) is 0 Å². The summed E-state index contributed by atoms with van der Waals surface area (Å²) in [6.45, 7) is 1.39. The van der Waals surface area contributed by atoms with Gasteiger partial charge in [-0.3, -0.25) is 0 Å². The highest BCUT2D eigenvalue weighted by atomic mass is 15.1. The van der Waals surface area contributed by atoms with Crippen LogP contribution in [-0.4, -0.2) is 16.1 Å². The van der Waals surface area contributed by atoms with Gasteiger partial charge in [0, 0.05) is 31.0 Å². The minimum atomic E-state index is 0.579. The number of hydrogen-bond donors (Lipinski definition) is 1. The van der Waals surface area contributed by atoms with Crippen molar-refractivity contribution in [3.05, 3.63) is 54.9 Å². The lowest BCUT2D eigenvalue weighted by atomic mass is 10.2. The molecular weight excluding hydrogens is 198 g/mol. The molecule has 0 radical (unpaired) electrons. The van der Waals surface area contributed by atoms with E-state index in [1.54, 1.807) is 0 Å². The van der Waals surface area contributed by atoms with Crippen molar-refractivity contribution in [2.24, 2.45) is 5.73 Å². The minimum Gasteiger partial charge on any atom is -0.327 e. The summed E-state index contributed by atoms with van der Waals surface area (Å²) in [5, 5.41) is 0. The van der Waals surface area contributed by atoms with E-state index in [1.807, 2.05) is 42.7 Å². The zero-order valence-corrected chi connectivity index (χ0v) is 9.08. The van der Waals surface area contributed by atoms with Crippen LogP contribution in [0.25, 0.3) is 11.4 Å². The highest BCUT2D eigenvalue weighted by molar-refractivity contribution is 5.55. The first kappa shape index (κ1) is 10.6. The van der Waals surface area contributed by atoms with Gasteiger partial charge in [-0.05, 0) is 0 Å². The number of benzene rings is 1. The molecule has 2 rings (SSSR count). The second-order valence-electron chi connectivity index (χ2n) is 3.48. The van der Waals surface area contributed by atoms with Gasteiger partial charge in [-0.1, -0.05) is 42.5 Å². The molecule has 0 atom stereocenters. The Labute approximate surface area is 95.2 Å². The summed E-state index contributed by atoms with van der Waals surface area (Å²) in [7, 11) is 0. The molecule has 0 amide bonds. The Morgan fingerprint density at radius 3 is 2.75 bits per heavy atom. The lowest BCUT2D eigenvalue weighted by molar-refractivity contribution is 0.828. The Hall–Kier alpha value is -1.87. The molecule has 3 heteroatoms. The Morgan fingerprint density at radius 2 is 2.00 bits per heavy atom. The second kappa shape index (κ2) is 5.28. The summed E-state index contributed by atoms with van der Waals surface area (Å²) in [6, 6.07) is 10.2. The SMILES string of the molecule is NCC=CCn1ccnc1-c1ccccc1. The van der Waals surface area contributed by atoms with Gasteiger partial charge in [-0.15, -0.1) is 0 Å². The van der Waals surface area contributed by atoms with E-state index in [2.05, 4.69) is 21.7 Å². The molecular formula is C13H15N3. The second-order valence-corrected chi connectivity index (χ2v) is 3.48. The van der Waals surface area contributed by atoms with E-state index < -0.39 is 0 Å². The fourth-order valence-electron chi connectivity index (χ4n) is 1.59. The largest absolute Gasteiger partial charge is 0.327 e. The molecule has 82 valence electrons. The normalized spacial score (nSPS) is 11.1. The van der Waals surface area contributed by atoms with Gasteiger partial charge in [0.15, 0.2) is 0 Å². The number of imidazole rings is 1. The number of aromatic nitrogens is 2.